The molecule has 1 rings (SSSR count). The number of likely N-dealkylation sites (tertiary alicyclic amines) is 1. The first kappa shape index (κ1) is 24.1. The van der Waals surface area contributed by atoms with Gasteiger partial charge in [0.1, 0.15) is 5.78 Å². The number of nitrogens with zero attached hydrogens (tertiary/aromatic N) is 1. The zero-order valence-corrected chi connectivity index (χ0v) is 18.2. The molecule has 1 fully saturated rings. The molecule has 0 spiro atoms. The van der Waals surface area contributed by atoms with E-state index < -0.39 is 0 Å². The van der Waals surface area contributed by atoms with E-state index in [9.17, 15) is 9.59 Å². The molecule has 1 atom stereocenters. The summed E-state index contributed by atoms with van der Waals surface area (Å²) in [6.45, 7) is 15.8. The van der Waals surface area contributed by atoms with Crippen LogP contribution in [0.4, 0.5) is 0 Å². The maximum absolute atomic E-state index is 12.0. The number of hydrogen-bond donors (Lipinski definition) is 1. The third-order valence-electron chi connectivity index (χ3n) is 4.71. The summed E-state index contributed by atoms with van der Waals surface area (Å²) in [5.41, 5.74) is -0.438. The Bertz CT molecular complexity index is 466. The lowest BCUT2D eigenvalue weighted by Crippen LogP contribution is -2.38. The van der Waals surface area contributed by atoms with Gasteiger partial charge in [-0.2, -0.15) is 0 Å². The molecule has 1 saturated heterocycles. The molecule has 0 saturated carbocycles. The van der Waals surface area contributed by atoms with Gasteiger partial charge in [0.2, 0.25) is 5.91 Å². The van der Waals surface area contributed by atoms with E-state index in [4.69, 9.17) is 9.47 Å². The van der Waals surface area contributed by atoms with Crippen LogP contribution < -0.4 is 5.32 Å². The topological polar surface area (TPSA) is 67.9 Å². The van der Waals surface area contributed by atoms with Crippen LogP contribution in [0.15, 0.2) is 0 Å². The smallest absolute Gasteiger partial charge is 0.221 e. The van der Waals surface area contributed by atoms with Gasteiger partial charge in [-0.25, -0.2) is 0 Å². The summed E-state index contributed by atoms with van der Waals surface area (Å²) >= 11 is 0. The number of carbonyl (C=O) groups excluding carboxylic acids is 2. The molecule has 1 aliphatic rings. The summed E-state index contributed by atoms with van der Waals surface area (Å²) in [4.78, 5) is 26.2. The number of carbonyl (C=O) groups is 2. The number of ketones is 1. The van der Waals surface area contributed by atoms with Crippen molar-refractivity contribution < 1.29 is 19.1 Å². The molecule has 158 valence electrons. The fourth-order valence-electron chi connectivity index (χ4n) is 2.96. The first-order valence-corrected chi connectivity index (χ1v) is 10.2. The van der Waals surface area contributed by atoms with Crippen LogP contribution in [-0.2, 0) is 19.1 Å². The van der Waals surface area contributed by atoms with E-state index in [1.807, 2.05) is 20.8 Å². The number of ether oxygens (including phenoxy) is 2. The molecule has 1 heterocycles. The molecule has 0 bridgehead atoms. The maximum atomic E-state index is 12.0. The number of nitrogens with one attached hydrogen (secondary N) is 1. The number of amides is 1. The van der Waals surface area contributed by atoms with Crippen LogP contribution >= 0.6 is 0 Å². The van der Waals surface area contributed by atoms with E-state index in [0.717, 1.165) is 26.1 Å². The lowest BCUT2D eigenvalue weighted by atomic mass is 9.89. The molecule has 0 aromatic rings. The van der Waals surface area contributed by atoms with E-state index in [1.54, 1.807) is 0 Å². The zero-order chi connectivity index (χ0) is 20.5. The summed E-state index contributed by atoms with van der Waals surface area (Å²) in [5, 5.41) is 2.89. The van der Waals surface area contributed by atoms with Crippen molar-refractivity contribution in [1.29, 1.82) is 0 Å². The van der Waals surface area contributed by atoms with Gasteiger partial charge in [-0.1, -0.05) is 20.8 Å². The van der Waals surface area contributed by atoms with Gasteiger partial charge in [0.15, 0.2) is 0 Å². The Labute approximate surface area is 165 Å². The lowest BCUT2D eigenvalue weighted by Gasteiger charge is -2.28. The van der Waals surface area contributed by atoms with Crippen LogP contribution in [-0.4, -0.2) is 67.7 Å². The van der Waals surface area contributed by atoms with Crippen molar-refractivity contribution in [2.45, 2.75) is 78.9 Å². The molecule has 1 N–H and O–H groups in total. The minimum absolute atomic E-state index is 0.0479. The van der Waals surface area contributed by atoms with E-state index in [0.29, 0.717) is 38.6 Å². The summed E-state index contributed by atoms with van der Waals surface area (Å²) < 4.78 is 11.4. The van der Waals surface area contributed by atoms with Crippen molar-refractivity contribution in [3.63, 3.8) is 0 Å². The Morgan fingerprint density at radius 1 is 1.07 bits per heavy atom. The molecule has 1 amide bonds. The van der Waals surface area contributed by atoms with Gasteiger partial charge in [-0.3, -0.25) is 14.5 Å². The van der Waals surface area contributed by atoms with Crippen LogP contribution in [0.5, 0.6) is 0 Å². The first-order chi connectivity index (χ1) is 12.5. The Kier molecular flexibility index (Phi) is 9.91. The van der Waals surface area contributed by atoms with Crippen molar-refractivity contribution in [3.8, 4) is 0 Å². The summed E-state index contributed by atoms with van der Waals surface area (Å²) in [7, 11) is 0. The highest BCUT2D eigenvalue weighted by Crippen LogP contribution is 2.20. The molecular weight excluding hydrogens is 344 g/mol. The van der Waals surface area contributed by atoms with Gasteiger partial charge < -0.3 is 14.8 Å². The summed E-state index contributed by atoms with van der Waals surface area (Å²) in [6, 6.07) is 0.417. The highest BCUT2D eigenvalue weighted by molar-refractivity contribution is 5.83. The van der Waals surface area contributed by atoms with Crippen LogP contribution in [0.2, 0.25) is 0 Å². The predicted molar refractivity (Wildman–Crippen MR) is 108 cm³/mol. The fourth-order valence-corrected chi connectivity index (χ4v) is 2.96. The van der Waals surface area contributed by atoms with Gasteiger partial charge in [0.05, 0.1) is 25.4 Å². The molecule has 0 aromatic carbocycles. The largest absolute Gasteiger partial charge is 0.379 e. The molecule has 0 aliphatic carbocycles. The first-order valence-electron chi connectivity index (χ1n) is 10.2. The van der Waals surface area contributed by atoms with Gasteiger partial charge in [-0.15, -0.1) is 0 Å². The minimum atomic E-state index is -0.317. The quantitative estimate of drug-likeness (QED) is 0.555. The van der Waals surface area contributed by atoms with Crippen LogP contribution in [0.3, 0.4) is 0 Å². The summed E-state index contributed by atoms with van der Waals surface area (Å²) in [5.74, 6) is 0.244. The lowest BCUT2D eigenvalue weighted by molar-refractivity contribution is -0.127. The van der Waals surface area contributed by atoms with Crippen LogP contribution in [0.25, 0.3) is 0 Å². The third-order valence-corrected chi connectivity index (χ3v) is 4.71. The molecule has 6 nitrogen and oxygen atoms in total. The molecule has 0 unspecified atom stereocenters. The van der Waals surface area contributed by atoms with E-state index in [2.05, 4.69) is 31.0 Å². The van der Waals surface area contributed by atoms with Crippen molar-refractivity contribution in [1.82, 2.24) is 10.2 Å². The highest BCUT2D eigenvalue weighted by atomic mass is 16.5. The van der Waals surface area contributed by atoms with Crippen LogP contribution in [0, 0.1) is 5.41 Å². The SMILES string of the molecule is CC(C)(C)OC[C@@H]1CCCN1CCC(=O)NCCOCCC(=O)C(C)(C)C. The molecule has 1 aliphatic heterocycles. The Morgan fingerprint density at radius 2 is 1.78 bits per heavy atom. The van der Waals surface area contributed by atoms with Gasteiger partial charge in [-0.05, 0) is 40.2 Å². The Morgan fingerprint density at radius 3 is 2.41 bits per heavy atom. The fraction of sp³-hybridized carbons (Fsp3) is 0.905. The van der Waals surface area contributed by atoms with E-state index in [1.165, 1.54) is 6.42 Å². The minimum Gasteiger partial charge on any atom is -0.379 e. The Hall–Kier alpha value is -0.980. The number of Topliss-reactive ketones (excluding diaryl/α,β-unsaturated/α-hetero) is 1. The maximum Gasteiger partial charge on any atom is 0.221 e. The average molecular weight is 385 g/mol. The second kappa shape index (κ2) is 11.1. The molecule has 6 heteroatoms. The monoisotopic (exact) mass is 384 g/mol. The van der Waals surface area contributed by atoms with Gasteiger partial charge >= 0.3 is 0 Å². The highest BCUT2D eigenvalue weighted by Gasteiger charge is 2.26. The third kappa shape index (κ3) is 10.8. The molecule has 27 heavy (non-hydrogen) atoms. The number of rotatable bonds is 11. The predicted octanol–water partition coefficient (Wildman–Crippen LogP) is 2.79. The van der Waals surface area contributed by atoms with Crippen molar-refractivity contribution in [3.05, 3.63) is 0 Å². The average Bonchev–Trinajstić information content (AvgIpc) is 3.00. The molecule has 0 radical (unpaired) electrons. The standard InChI is InChI=1S/C21H40N2O4/c1-20(2,3)18(24)10-14-26-15-11-22-19(25)9-13-23-12-7-8-17(23)16-27-21(4,5)6/h17H,7-16H2,1-6H3,(H,22,25)/t17-/m0/s1. The van der Waals surface area contributed by atoms with Gasteiger partial charge in [0, 0.05) is 37.4 Å². The molecule has 0 aromatic heterocycles. The van der Waals surface area contributed by atoms with Crippen LogP contribution in [0.1, 0.15) is 67.2 Å². The second-order valence-corrected chi connectivity index (χ2v) is 9.39. The molecular formula is C21H40N2O4. The Balaban J connectivity index is 2.10. The zero-order valence-electron chi connectivity index (χ0n) is 18.2. The van der Waals surface area contributed by atoms with Crippen molar-refractivity contribution in [2.75, 3.05) is 39.5 Å². The number of hydrogen-bond acceptors (Lipinski definition) is 5. The van der Waals surface area contributed by atoms with Crippen molar-refractivity contribution in [2.24, 2.45) is 5.41 Å². The van der Waals surface area contributed by atoms with Crippen molar-refractivity contribution >= 4 is 11.7 Å². The normalized spacial score (nSPS) is 18.7. The van der Waals surface area contributed by atoms with Gasteiger partial charge in [0.25, 0.3) is 0 Å². The van der Waals surface area contributed by atoms with E-state index >= 15 is 0 Å². The summed E-state index contributed by atoms with van der Waals surface area (Å²) in [6.07, 6.45) is 3.22. The van der Waals surface area contributed by atoms with E-state index in [-0.39, 0.29) is 22.7 Å². The second-order valence-electron chi connectivity index (χ2n) is 9.39.